The number of carbonyl (C=O) groups excluding carboxylic acids is 1. The van der Waals surface area contributed by atoms with Gasteiger partial charge in [-0.25, -0.2) is 8.42 Å². The lowest BCUT2D eigenvalue weighted by molar-refractivity contribution is -0.133. The lowest BCUT2D eigenvalue weighted by Crippen LogP contribution is -2.50. The van der Waals surface area contributed by atoms with Gasteiger partial charge in [0.05, 0.1) is 17.9 Å². The zero-order valence-corrected chi connectivity index (χ0v) is 18.9. The Bertz CT molecular complexity index is 781. The van der Waals surface area contributed by atoms with Gasteiger partial charge in [-0.1, -0.05) is 32.9 Å². The minimum Gasteiger partial charge on any atom is -0.381 e. The van der Waals surface area contributed by atoms with Crippen molar-refractivity contribution in [2.24, 2.45) is 0 Å². The Balaban J connectivity index is 2.14. The Labute approximate surface area is 169 Å². The molecule has 6 nitrogen and oxygen atoms in total. The Morgan fingerprint density at radius 3 is 2.07 bits per heavy atom. The summed E-state index contributed by atoms with van der Waals surface area (Å²) in [7, 11) is -3.58. The molecular formula is C21H34N2O4S. The third kappa shape index (κ3) is 5.13. The molecule has 0 unspecified atom stereocenters. The molecule has 0 N–H and O–H groups in total. The molecule has 0 atom stereocenters. The summed E-state index contributed by atoms with van der Waals surface area (Å²) in [6.45, 7) is 14.5. The van der Waals surface area contributed by atoms with E-state index >= 15 is 0 Å². The highest BCUT2D eigenvalue weighted by atomic mass is 32.2. The van der Waals surface area contributed by atoms with E-state index in [-0.39, 0.29) is 11.3 Å². The fourth-order valence-electron chi connectivity index (χ4n) is 3.56. The summed E-state index contributed by atoms with van der Waals surface area (Å²) in [6, 6.07) is 3.96. The number of ether oxygens (including phenoxy) is 1. The average molecular weight is 411 g/mol. The minimum atomic E-state index is -3.58. The van der Waals surface area contributed by atoms with Crippen LogP contribution < -0.4 is 0 Å². The van der Waals surface area contributed by atoms with Crippen molar-refractivity contribution in [3.05, 3.63) is 28.8 Å². The smallest absolute Gasteiger partial charge is 0.243 e. The third-order valence-electron chi connectivity index (χ3n) is 5.18. The predicted octanol–water partition coefficient (Wildman–Crippen LogP) is 2.86. The second-order valence-electron chi connectivity index (χ2n) is 8.42. The van der Waals surface area contributed by atoms with Crippen molar-refractivity contribution < 1.29 is 17.9 Å². The van der Waals surface area contributed by atoms with Crippen LogP contribution in [0, 0.1) is 13.8 Å². The summed E-state index contributed by atoms with van der Waals surface area (Å²) >= 11 is 0. The Kier molecular flexibility index (Phi) is 7.28. The van der Waals surface area contributed by atoms with E-state index in [2.05, 4.69) is 20.8 Å². The molecule has 1 amide bonds. The summed E-state index contributed by atoms with van der Waals surface area (Å²) in [5, 5.41) is 0. The van der Waals surface area contributed by atoms with Gasteiger partial charge in [0.15, 0.2) is 0 Å². The van der Waals surface area contributed by atoms with Crippen molar-refractivity contribution in [3.63, 3.8) is 0 Å². The van der Waals surface area contributed by atoms with Crippen molar-refractivity contribution in [2.75, 3.05) is 39.4 Å². The van der Waals surface area contributed by atoms with Crippen LogP contribution >= 0.6 is 0 Å². The van der Waals surface area contributed by atoms with Gasteiger partial charge in [-0.05, 0) is 42.9 Å². The number of nitrogens with zero attached hydrogens (tertiary/aromatic N) is 2. The first-order chi connectivity index (χ1) is 13.0. The zero-order valence-electron chi connectivity index (χ0n) is 18.0. The Hall–Kier alpha value is -1.44. The molecule has 0 radical (unpaired) electrons. The van der Waals surface area contributed by atoms with Gasteiger partial charge >= 0.3 is 0 Å². The molecule has 1 aliphatic rings. The van der Waals surface area contributed by atoms with Gasteiger partial charge in [0.2, 0.25) is 15.9 Å². The van der Waals surface area contributed by atoms with Gasteiger partial charge in [0.1, 0.15) is 0 Å². The van der Waals surface area contributed by atoms with Crippen molar-refractivity contribution >= 4 is 15.9 Å². The quantitative estimate of drug-likeness (QED) is 0.677. The first kappa shape index (κ1) is 22.8. The van der Waals surface area contributed by atoms with Crippen LogP contribution in [0.25, 0.3) is 0 Å². The van der Waals surface area contributed by atoms with E-state index in [4.69, 9.17) is 4.74 Å². The van der Waals surface area contributed by atoms with E-state index in [1.165, 1.54) is 4.31 Å². The van der Waals surface area contributed by atoms with Crippen LogP contribution in [0.5, 0.6) is 0 Å². The van der Waals surface area contributed by atoms with Crippen molar-refractivity contribution in [1.82, 2.24) is 9.21 Å². The number of amides is 1. The summed E-state index contributed by atoms with van der Waals surface area (Å²) in [6.07, 6.45) is 0.340. The number of hydrogen-bond donors (Lipinski definition) is 0. The maximum Gasteiger partial charge on any atom is 0.243 e. The molecule has 0 spiro atoms. The highest BCUT2D eigenvalue weighted by Crippen LogP contribution is 2.31. The maximum absolute atomic E-state index is 13.3. The third-order valence-corrected chi connectivity index (χ3v) is 7.38. The van der Waals surface area contributed by atoms with Crippen LogP contribution in [0.2, 0.25) is 0 Å². The molecule has 1 aromatic rings. The monoisotopic (exact) mass is 410 g/mol. The van der Waals surface area contributed by atoms with E-state index in [0.29, 0.717) is 50.7 Å². The van der Waals surface area contributed by atoms with E-state index < -0.39 is 10.0 Å². The van der Waals surface area contributed by atoms with Crippen LogP contribution in [-0.4, -0.2) is 62.9 Å². The first-order valence-corrected chi connectivity index (χ1v) is 11.4. The lowest BCUT2D eigenvalue weighted by atomic mass is 9.85. The van der Waals surface area contributed by atoms with Gasteiger partial charge < -0.3 is 9.64 Å². The number of piperazine rings is 1. The molecule has 0 aromatic heterocycles. The maximum atomic E-state index is 13.3. The van der Waals surface area contributed by atoms with Crippen molar-refractivity contribution in [1.29, 1.82) is 0 Å². The molecule has 7 heteroatoms. The molecule has 28 heavy (non-hydrogen) atoms. The molecule has 158 valence electrons. The van der Waals surface area contributed by atoms with Crippen LogP contribution in [0.15, 0.2) is 17.0 Å². The van der Waals surface area contributed by atoms with Crippen LogP contribution in [0.3, 0.4) is 0 Å². The van der Waals surface area contributed by atoms with Gasteiger partial charge in [-0.2, -0.15) is 4.31 Å². The van der Waals surface area contributed by atoms with E-state index in [1.54, 1.807) is 4.90 Å². The van der Waals surface area contributed by atoms with E-state index in [0.717, 1.165) is 16.7 Å². The molecule has 0 aliphatic carbocycles. The highest BCUT2D eigenvalue weighted by Gasteiger charge is 2.32. The zero-order chi connectivity index (χ0) is 21.1. The number of aryl methyl sites for hydroxylation is 2. The van der Waals surface area contributed by atoms with Crippen LogP contribution in [-0.2, 0) is 25.0 Å². The lowest BCUT2D eigenvalue weighted by Gasteiger charge is -2.35. The van der Waals surface area contributed by atoms with Gasteiger partial charge in [0.25, 0.3) is 0 Å². The summed E-state index contributed by atoms with van der Waals surface area (Å²) < 4.78 is 33.3. The molecule has 1 heterocycles. The Morgan fingerprint density at radius 1 is 1.07 bits per heavy atom. The first-order valence-electron chi connectivity index (χ1n) is 9.96. The van der Waals surface area contributed by atoms with E-state index in [1.807, 2.05) is 32.9 Å². The molecule has 2 rings (SSSR count). The molecule has 1 aromatic carbocycles. The average Bonchev–Trinajstić information content (AvgIpc) is 2.60. The molecule has 1 saturated heterocycles. The number of benzene rings is 1. The molecule has 1 fully saturated rings. The topological polar surface area (TPSA) is 66.9 Å². The van der Waals surface area contributed by atoms with Gasteiger partial charge in [0, 0.05) is 32.8 Å². The fourth-order valence-corrected chi connectivity index (χ4v) is 5.39. The summed E-state index contributed by atoms with van der Waals surface area (Å²) in [5.41, 5.74) is 2.65. The van der Waals surface area contributed by atoms with Gasteiger partial charge in [-0.3, -0.25) is 4.79 Å². The minimum absolute atomic E-state index is 0.0207. The van der Waals surface area contributed by atoms with Crippen molar-refractivity contribution in [2.45, 2.75) is 58.3 Å². The van der Waals surface area contributed by atoms with Crippen molar-refractivity contribution in [3.8, 4) is 0 Å². The molecule has 1 aliphatic heterocycles. The standard InChI is InChI=1S/C21H34N2O4S/c1-7-27-13-8-19(24)22-9-11-23(12-10-22)28(25,26)20-16(2)14-18(15-17(20)3)21(4,5)6/h14-15H,7-13H2,1-6H3. The van der Waals surface area contributed by atoms with Gasteiger partial charge in [-0.15, -0.1) is 0 Å². The number of carbonyl (C=O) groups is 1. The molecule has 0 saturated carbocycles. The number of rotatable bonds is 6. The fraction of sp³-hybridized carbons (Fsp3) is 0.667. The number of hydrogen-bond acceptors (Lipinski definition) is 4. The predicted molar refractivity (Wildman–Crippen MR) is 111 cm³/mol. The second kappa shape index (κ2) is 8.93. The SMILES string of the molecule is CCOCCC(=O)N1CCN(S(=O)(=O)c2c(C)cc(C(C)(C)C)cc2C)CC1. The van der Waals surface area contributed by atoms with E-state index in [9.17, 15) is 13.2 Å². The Morgan fingerprint density at radius 2 is 1.61 bits per heavy atom. The summed E-state index contributed by atoms with van der Waals surface area (Å²) in [5.74, 6) is 0.0207. The van der Waals surface area contributed by atoms with Crippen LogP contribution in [0.4, 0.5) is 0 Å². The molecule has 0 bridgehead atoms. The second-order valence-corrected chi connectivity index (χ2v) is 10.3. The van der Waals surface area contributed by atoms with Crippen LogP contribution in [0.1, 0.15) is 50.8 Å². The molecular weight excluding hydrogens is 376 g/mol. The summed E-state index contributed by atoms with van der Waals surface area (Å²) in [4.78, 5) is 14.3. The number of sulfonamides is 1. The highest BCUT2D eigenvalue weighted by molar-refractivity contribution is 7.89. The normalized spacial score (nSPS) is 16.4. The largest absolute Gasteiger partial charge is 0.381 e.